The van der Waals surface area contributed by atoms with E-state index >= 15 is 0 Å². The van der Waals surface area contributed by atoms with Gasteiger partial charge in [0.15, 0.2) is 0 Å². The number of nitrogens with two attached hydrogens (primary N) is 1. The van der Waals surface area contributed by atoms with Crippen LogP contribution in [0.1, 0.15) is 38.7 Å². The van der Waals surface area contributed by atoms with Crippen molar-refractivity contribution >= 4 is 11.9 Å². The number of carbonyl (C=O) groups excluding carboxylic acids is 2. The first-order valence-corrected chi connectivity index (χ1v) is 7.60. The minimum atomic E-state index is -0.593. The van der Waals surface area contributed by atoms with Gasteiger partial charge < -0.3 is 15.2 Å². The van der Waals surface area contributed by atoms with Crippen LogP contribution < -0.4 is 5.73 Å². The molecule has 0 aliphatic carbocycles. The van der Waals surface area contributed by atoms with Crippen LogP contribution >= 0.6 is 0 Å². The molecule has 1 aromatic rings. The van der Waals surface area contributed by atoms with E-state index in [1.165, 1.54) is 0 Å². The van der Waals surface area contributed by atoms with Crippen LogP contribution in [0, 0.1) is 5.92 Å². The summed E-state index contributed by atoms with van der Waals surface area (Å²) < 4.78 is 10.2. The lowest BCUT2D eigenvalue weighted by atomic mass is 10.1. The molecule has 1 atom stereocenters. The SMILES string of the molecule is CC(C)C[C@H](N)C(=O)OCCCC(=O)OCc1ccccc1. The molecule has 1 aromatic carbocycles. The van der Waals surface area contributed by atoms with Crippen molar-refractivity contribution in [2.75, 3.05) is 6.61 Å². The Morgan fingerprint density at radius 2 is 1.82 bits per heavy atom. The Morgan fingerprint density at radius 3 is 2.45 bits per heavy atom. The molecule has 0 saturated carbocycles. The average Bonchev–Trinajstić information content (AvgIpc) is 2.49. The lowest BCUT2D eigenvalue weighted by molar-refractivity contribution is -0.149. The highest BCUT2D eigenvalue weighted by molar-refractivity contribution is 5.75. The van der Waals surface area contributed by atoms with E-state index in [1.54, 1.807) is 0 Å². The van der Waals surface area contributed by atoms with Gasteiger partial charge in [-0.2, -0.15) is 0 Å². The summed E-state index contributed by atoms with van der Waals surface area (Å²) in [5.74, 6) is -0.367. The fourth-order valence-corrected chi connectivity index (χ4v) is 1.91. The fraction of sp³-hybridized carbons (Fsp3) is 0.529. The molecule has 0 saturated heterocycles. The van der Waals surface area contributed by atoms with E-state index in [1.807, 2.05) is 44.2 Å². The van der Waals surface area contributed by atoms with Crippen molar-refractivity contribution < 1.29 is 19.1 Å². The molecular weight excluding hydrogens is 282 g/mol. The van der Waals surface area contributed by atoms with Gasteiger partial charge in [0.25, 0.3) is 0 Å². The van der Waals surface area contributed by atoms with Gasteiger partial charge in [-0.1, -0.05) is 44.2 Å². The van der Waals surface area contributed by atoms with Gasteiger partial charge in [0.1, 0.15) is 12.6 Å². The number of carbonyl (C=O) groups is 2. The molecule has 0 spiro atoms. The van der Waals surface area contributed by atoms with Crippen molar-refractivity contribution in [2.24, 2.45) is 11.7 Å². The van der Waals surface area contributed by atoms with E-state index in [4.69, 9.17) is 15.2 Å². The van der Waals surface area contributed by atoms with E-state index < -0.39 is 12.0 Å². The van der Waals surface area contributed by atoms with Gasteiger partial charge in [-0.05, 0) is 24.3 Å². The van der Waals surface area contributed by atoms with Crippen molar-refractivity contribution in [1.29, 1.82) is 0 Å². The van der Waals surface area contributed by atoms with Gasteiger partial charge in [-0.3, -0.25) is 9.59 Å². The predicted molar refractivity (Wildman–Crippen MR) is 83.9 cm³/mol. The molecule has 0 aliphatic rings. The minimum absolute atomic E-state index is 0.186. The van der Waals surface area contributed by atoms with Crippen LogP contribution in [0.15, 0.2) is 30.3 Å². The molecule has 22 heavy (non-hydrogen) atoms. The molecule has 0 fully saturated rings. The van der Waals surface area contributed by atoms with E-state index in [0.29, 0.717) is 18.8 Å². The molecule has 0 aromatic heterocycles. The largest absolute Gasteiger partial charge is 0.465 e. The van der Waals surface area contributed by atoms with Crippen LogP contribution in [0.5, 0.6) is 0 Å². The molecule has 0 unspecified atom stereocenters. The number of hydrogen-bond donors (Lipinski definition) is 1. The Kier molecular flexibility index (Phi) is 8.22. The molecule has 0 radical (unpaired) electrons. The van der Waals surface area contributed by atoms with Gasteiger partial charge >= 0.3 is 11.9 Å². The lowest BCUT2D eigenvalue weighted by Gasteiger charge is -2.13. The van der Waals surface area contributed by atoms with Crippen molar-refractivity contribution in [3.63, 3.8) is 0 Å². The summed E-state index contributed by atoms with van der Waals surface area (Å²) in [6, 6.07) is 8.89. The van der Waals surface area contributed by atoms with E-state index in [2.05, 4.69) is 0 Å². The molecule has 122 valence electrons. The third kappa shape index (κ3) is 7.78. The van der Waals surface area contributed by atoms with Crippen LogP contribution in [-0.2, 0) is 25.7 Å². The van der Waals surface area contributed by atoms with Gasteiger partial charge in [0.2, 0.25) is 0 Å². The van der Waals surface area contributed by atoms with Gasteiger partial charge in [-0.25, -0.2) is 0 Å². The zero-order chi connectivity index (χ0) is 16.4. The number of benzene rings is 1. The quantitative estimate of drug-likeness (QED) is 0.560. The average molecular weight is 307 g/mol. The summed E-state index contributed by atoms with van der Waals surface area (Å²) in [7, 11) is 0. The van der Waals surface area contributed by atoms with Crippen LogP contribution in [0.4, 0.5) is 0 Å². The maximum atomic E-state index is 11.6. The second-order valence-corrected chi connectivity index (χ2v) is 5.65. The standard InChI is InChI=1S/C17H25NO4/c1-13(2)11-15(18)17(20)21-10-6-9-16(19)22-12-14-7-4-3-5-8-14/h3-5,7-8,13,15H,6,9-12,18H2,1-2H3/t15-/m0/s1. The zero-order valence-electron chi connectivity index (χ0n) is 13.3. The summed E-state index contributed by atoms with van der Waals surface area (Å²) in [6.07, 6.45) is 1.26. The van der Waals surface area contributed by atoms with Crippen LogP contribution in [0.25, 0.3) is 0 Å². The Hall–Kier alpha value is -1.88. The van der Waals surface area contributed by atoms with E-state index in [0.717, 1.165) is 5.56 Å². The summed E-state index contributed by atoms with van der Waals surface area (Å²) in [4.78, 5) is 23.1. The van der Waals surface area contributed by atoms with Gasteiger partial charge in [0.05, 0.1) is 6.61 Å². The molecule has 0 aliphatic heterocycles. The number of ether oxygens (including phenoxy) is 2. The lowest BCUT2D eigenvalue weighted by Crippen LogP contribution is -2.33. The Morgan fingerprint density at radius 1 is 1.14 bits per heavy atom. The van der Waals surface area contributed by atoms with Crippen molar-refractivity contribution in [3.05, 3.63) is 35.9 Å². The molecule has 0 heterocycles. The Bertz CT molecular complexity index is 459. The maximum absolute atomic E-state index is 11.6. The van der Waals surface area contributed by atoms with Crippen LogP contribution in [0.3, 0.4) is 0 Å². The summed E-state index contributed by atoms with van der Waals surface area (Å²) in [6.45, 7) is 4.44. The van der Waals surface area contributed by atoms with Crippen LogP contribution in [-0.4, -0.2) is 24.6 Å². The topological polar surface area (TPSA) is 78.6 Å². The van der Waals surface area contributed by atoms with Crippen molar-refractivity contribution in [3.8, 4) is 0 Å². The van der Waals surface area contributed by atoms with E-state index in [-0.39, 0.29) is 25.6 Å². The van der Waals surface area contributed by atoms with E-state index in [9.17, 15) is 9.59 Å². The molecule has 1 rings (SSSR count). The molecular formula is C17H25NO4. The summed E-state index contributed by atoms with van der Waals surface area (Å²) in [5.41, 5.74) is 6.65. The number of hydrogen-bond acceptors (Lipinski definition) is 5. The highest BCUT2D eigenvalue weighted by atomic mass is 16.5. The third-order valence-corrected chi connectivity index (χ3v) is 3.04. The molecule has 5 nitrogen and oxygen atoms in total. The third-order valence-electron chi connectivity index (χ3n) is 3.04. The zero-order valence-corrected chi connectivity index (χ0v) is 13.3. The number of rotatable bonds is 9. The first-order valence-electron chi connectivity index (χ1n) is 7.60. The molecule has 0 amide bonds. The second-order valence-electron chi connectivity index (χ2n) is 5.65. The minimum Gasteiger partial charge on any atom is -0.465 e. The summed E-state index contributed by atoms with van der Waals surface area (Å²) >= 11 is 0. The summed E-state index contributed by atoms with van der Waals surface area (Å²) in [5, 5.41) is 0. The van der Waals surface area contributed by atoms with Crippen LogP contribution in [0.2, 0.25) is 0 Å². The molecule has 0 bridgehead atoms. The highest BCUT2D eigenvalue weighted by Crippen LogP contribution is 2.05. The normalized spacial score (nSPS) is 12.0. The monoisotopic (exact) mass is 307 g/mol. The maximum Gasteiger partial charge on any atom is 0.322 e. The molecule has 5 heteroatoms. The Labute approximate surface area is 131 Å². The number of esters is 2. The van der Waals surface area contributed by atoms with Gasteiger partial charge in [-0.15, -0.1) is 0 Å². The second kappa shape index (κ2) is 9.95. The smallest absolute Gasteiger partial charge is 0.322 e. The van der Waals surface area contributed by atoms with Crippen molar-refractivity contribution in [2.45, 2.75) is 45.8 Å². The fourth-order valence-electron chi connectivity index (χ4n) is 1.91. The first kappa shape index (κ1) is 18.2. The Balaban J connectivity index is 2.11. The van der Waals surface area contributed by atoms with Crippen molar-refractivity contribution in [1.82, 2.24) is 0 Å². The molecule has 2 N–H and O–H groups in total. The first-order chi connectivity index (χ1) is 10.5. The predicted octanol–water partition coefficient (Wildman–Crippen LogP) is 2.43. The highest BCUT2D eigenvalue weighted by Gasteiger charge is 2.16. The van der Waals surface area contributed by atoms with Gasteiger partial charge in [0, 0.05) is 6.42 Å².